The lowest BCUT2D eigenvalue weighted by Gasteiger charge is -2.36. The number of nitrogens with one attached hydrogen (secondary N) is 1. The van der Waals surface area contributed by atoms with Crippen LogP contribution in [0.4, 0.5) is 18.9 Å². The number of benzene rings is 2. The van der Waals surface area contributed by atoms with Gasteiger partial charge < -0.3 is 10.2 Å². The van der Waals surface area contributed by atoms with Gasteiger partial charge in [0.2, 0.25) is 11.8 Å². The number of carbonyl (C=O) groups is 2. The Morgan fingerprint density at radius 3 is 2.35 bits per heavy atom. The van der Waals surface area contributed by atoms with Crippen LogP contribution in [0.2, 0.25) is 5.02 Å². The molecule has 1 aliphatic rings. The first-order valence-electron chi connectivity index (χ1n) is 11.0. The molecule has 1 aliphatic heterocycles. The lowest BCUT2D eigenvalue weighted by atomic mass is 10.1. The molecule has 184 valence electrons. The fourth-order valence-electron chi connectivity index (χ4n) is 3.68. The summed E-state index contributed by atoms with van der Waals surface area (Å²) in [6, 6.07) is 12.1. The molecule has 0 spiro atoms. The molecule has 0 aliphatic carbocycles. The predicted octanol–water partition coefficient (Wildman–Crippen LogP) is 3.96. The average molecular weight is 497 g/mol. The molecule has 0 bridgehead atoms. The van der Waals surface area contributed by atoms with Crippen molar-refractivity contribution in [3.63, 3.8) is 0 Å². The van der Waals surface area contributed by atoms with Crippen LogP contribution in [-0.4, -0.2) is 72.3 Å². The van der Waals surface area contributed by atoms with Gasteiger partial charge in [-0.3, -0.25) is 19.4 Å². The quantitative estimate of drug-likeness (QED) is 0.630. The Morgan fingerprint density at radius 2 is 1.74 bits per heavy atom. The van der Waals surface area contributed by atoms with E-state index in [2.05, 4.69) is 22.3 Å². The molecule has 6 nitrogen and oxygen atoms in total. The number of nitrogens with zero attached hydrogens (tertiary/aromatic N) is 3. The molecule has 1 fully saturated rings. The molecule has 0 saturated carbocycles. The van der Waals surface area contributed by atoms with Crippen LogP contribution in [0.1, 0.15) is 18.1 Å². The number of carbonyl (C=O) groups excluding carboxylic acids is 2. The van der Waals surface area contributed by atoms with E-state index in [9.17, 15) is 22.8 Å². The van der Waals surface area contributed by atoms with Crippen LogP contribution >= 0.6 is 11.6 Å². The van der Waals surface area contributed by atoms with Crippen molar-refractivity contribution in [2.24, 2.45) is 0 Å². The zero-order valence-corrected chi connectivity index (χ0v) is 19.9. The molecule has 0 radical (unpaired) electrons. The second-order valence-electron chi connectivity index (χ2n) is 8.42. The van der Waals surface area contributed by atoms with Crippen LogP contribution in [0, 0.1) is 0 Å². The van der Waals surface area contributed by atoms with Crippen LogP contribution in [0.5, 0.6) is 0 Å². The zero-order valence-electron chi connectivity index (χ0n) is 19.1. The number of rotatable bonds is 7. The molecule has 34 heavy (non-hydrogen) atoms. The summed E-state index contributed by atoms with van der Waals surface area (Å²) >= 11 is 5.96. The number of anilines is 1. The van der Waals surface area contributed by atoms with E-state index in [4.69, 9.17) is 11.6 Å². The van der Waals surface area contributed by atoms with Crippen LogP contribution < -0.4 is 5.32 Å². The average Bonchev–Trinajstić information content (AvgIpc) is 2.80. The molecule has 1 N–H and O–H groups in total. The molecule has 1 saturated heterocycles. The minimum absolute atomic E-state index is 0.000605. The van der Waals surface area contributed by atoms with Gasteiger partial charge in [-0.1, -0.05) is 41.9 Å². The maximum Gasteiger partial charge on any atom is 0.416 e. The summed E-state index contributed by atoms with van der Waals surface area (Å²) in [6.45, 7) is 5.15. The molecule has 2 amide bonds. The second-order valence-corrected chi connectivity index (χ2v) is 8.82. The van der Waals surface area contributed by atoms with E-state index in [1.165, 1.54) is 5.56 Å². The first-order valence-corrected chi connectivity index (χ1v) is 11.3. The van der Waals surface area contributed by atoms with E-state index in [1.807, 2.05) is 18.2 Å². The highest BCUT2D eigenvalue weighted by Crippen LogP contribution is 2.33. The van der Waals surface area contributed by atoms with Gasteiger partial charge in [-0.05, 0) is 37.7 Å². The summed E-state index contributed by atoms with van der Waals surface area (Å²) in [6.07, 6.45) is -4.55. The van der Waals surface area contributed by atoms with Crippen LogP contribution in [0.25, 0.3) is 0 Å². The second kappa shape index (κ2) is 11.2. The van der Waals surface area contributed by atoms with Crippen molar-refractivity contribution in [1.29, 1.82) is 0 Å². The minimum Gasteiger partial charge on any atom is -0.339 e. The van der Waals surface area contributed by atoms with Gasteiger partial charge in [-0.15, -0.1) is 0 Å². The topological polar surface area (TPSA) is 55.9 Å². The molecule has 0 aromatic heterocycles. The Bertz CT molecular complexity index is 995. The lowest BCUT2D eigenvalue weighted by Crippen LogP contribution is -2.52. The third-order valence-corrected chi connectivity index (χ3v) is 6.28. The smallest absolute Gasteiger partial charge is 0.339 e. The Labute approximate surface area is 202 Å². The fourth-order valence-corrected chi connectivity index (χ4v) is 3.85. The number of alkyl halides is 3. The van der Waals surface area contributed by atoms with Crippen LogP contribution in [0.3, 0.4) is 0 Å². The van der Waals surface area contributed by atoms with E-state index in [1.54, 1.807) is 23.8 Å². The highest BCUT2D eigenvalue weighted by atomic mass is 35.5. The molecular formula is C24H28ClF3N4O2. The van der Waals surface area contributed by atoms with E-state index in [0.29, 0.717) is 13.1 Å². The number of hydrogen-bond acceptors (Lipinski definition) is 4. The largest absolute Gasteiger partial charge is 0.416 e. The standard InChI is InChI=1S/C24H28ClF3N4O2/c1-17(23(34)29-21-14-19(24(26,27)28)8-9-20(21)25)30(2)16-22(33)32-12-10-31(11-13-32)15-18-6-4-3-5-7-18/h3-9,14,17H,10-13,15-16H2,1-2H3,(H,29,34)/t17-/m0/s1. The molecular weight excluding hydrogens is 469 g/mol. The molecule has 0 unspecified atom stereocenters. The summed E-state index contributed by atoms with van der Waals surface area (Å²) in [7, 11) is 1.63. The van der Waals surface area contributed by atoms with E-state index >= 15 is 0 Å². The van der Waals surface area contributed by atoms with E-state index in [-0.39, 0.29) is 23.2 Å². The monoisotopic (exact) mass is 496 g/mol. The summed E-state index contributed by atoms with van der Waals surface area (Å²) in [5.41, 5.74) is 0.195. The summed E-state index contributed by atoms with van der Waals surface area (Å²) in [4.78, 5) is 31.0. The zero-order chi connectivity index (χ0) is 24.9. The van der Waals surface area contributed by atoms with Gasteiger partial charge in [0.1, 0.15) is 0 Å². The number of hydrogen-bond donors (Lipinski definition) is 1. The Kier molecular flexibility index (Phi) is 8.57. The third-order valence-electron chi connectivity index (χ3n) is 5.95. The molecule has 2 aromatic carbocycles. The van der Waals surface area contributed by atoms with Crippen molar-refractivity contribution in [2.45, 2.75) is 25.7 Å². The van der Waals surface area contributed by atoms with Gasteiger partial charge in [0.15, 0.2) is 0 Å². The number of amides is 2. The van der Waals surface area contributed by atoms with Gasteiger partial charge in [-0.2, -0.15) is 13.2 Å². The number of likely N-dealkylation sites (N-methyl/N-ethyl adjacent to an activating group) is 1. The summed E-state index contributed by atoms with van der Waals surface area (Å²) in [5, 5.41) is 2.44. The highest BCUT2D eigenvalue weighted by molar-refractivity contribution is 6.33. The number of halogens is 4. The number of piperazine rings is 1. The van der Waals surface area contributed by atoms with Gasteiger partial charge in [0.05, 0.1) is 28.9 Å². The van der Waals surface area contributed by atoms with Crippen molar-refractivity contribution in [3.05, 3.63) is 64.7 Å². The maximum atomic E-state index is 13.0. The Balaban J connectivity index is 1.50. The van der Waals surface area contributed by atoms with Crippen molar-refractivity contribution in [1.82, 2.24) is 14.7 Å². The minimum atomic E-state index is -4.55. The molecule has 2 aromatic rings. The SMILES string of the molecule is C[C@@H](C(=O)Nc1cc(C(F)(F)F)ccc1Cl)N(C)CC(=O)N1CCN(Cc2ccccc2)CC1. The summed E-state index contributed by atoms with van der Waals surface area (Å²) < 4.78 is 38.9. The Hall–Kier alpha value is -2.62. The van der Waals surface area contributed by atoms with Crippen LogP contribution in [0.15, 0.2) is 48.5 Å². The van der Waals surface area contributed by atoms with Gasteiger partial charge in [0.25, 0.3) is 0 Å². The van der Waals surface area contributed by atoms with E-state index < -0.39 is 23.7 Å². The van der Waals surface area contributed by atoms with Gasteiger partial charge in [0, 0.05) is 32.7 Å². The van der Waals surface area contributed by atoms with Crippen molar-refractivity contribution >= 4 is 29.1 Å². The van der Waals surface area contributed by atoms with E-state index in [0.717, 1.165) is 37.8 Å². The normalized spacial score (nSPS) is 15.9. The first kappa shape index (κ1) is 26.0. The Morgan fingerprint density at radius 1 is 1.09 bits per heavy atom. The fraction of sp³-hybridized carbons (Fsp3) is 0.417. The molecule has 3 rings (SSSR count). The van der Waals surface area contributed by atoms with Crippen molar-refractivity contribution < 1.29 is 22.8 Å². The summed E-state index contributed by atoms with van der Waals surface area (Å²) in [5.74, 6) is -0.650. The van der Waals surface area contributed by atoms with Crippen molar-refractivity contribution in [3.8, 4) is 0 Å². The lowest BCUT2D eigenvalue weighted by molar-refractivity contribution is -0.138. The van der Waals surface area contributed by atoms with Gasteiger partial charge in [-0.25, -0.2) is 0 Å². The predicted molar refractivity (Wildman–Crippen MR) is 125 cm³/mol. The molecule has 10 heteroatoms. The molecule has 1 heterocycles. The van der Waals surface area contributed by atoms with Crippen molar-refractivity contribution in [2.75, 3.05) is 45.1 Å². The maximum absolute atomic E-state index is 13.0. The van der Waals surface area contributed by atoms with Gasteiger partial charge >= 0.3 is 6.18 Å². The third kappa shape index (κ3) is 6.94. The highest BCUT2D eigenvalue weighted by Gasteiger charge is 2.31. The van der Waals surface area contributed by atoms with Crippen LogP contribution in [-0.2, 0) is 22.3 Å². The first-order chi connectivity index (χ1) is 16.0. The molecule has 1 atom stereocenters.